The molecule has 3 aromatic heterocycles. The van der Waals surface area contributed by atoms with Crippen LogP contribution in [0.4, 0.5) is 10.5 Å². The van der Waals surface area contributed by atoms with Crippen LogP contribution in [0.3, 0.4) is 0 Å². The molecular weight excluding hydrogens is 498 g/mol. The fraction of sp³-hybridized carbons (Fsp3) is 0.125. The molecule has 6 rings (SSSR count). The number of nitrogens with one attached hydrogen (secondary N) is 2. The monoisotopic (exact) mass is 515 g/mol. The number of benzene rings is 2. The van der Waals surface area contributed by atoms with Gasteiger partial charge in [0.05, 0.1) is 29.3 Å². The summed E-state index contributed by atoms with van der Waals surface area (Å²) < 4.78 is 3.18. The number of aryl methyl sites for hydroxylation is 1. The Balaban J connectivity index is 1.32. The van der Waals surface area contributed by atoms with Gasteiger partial charge in [0.25, 0.3) is 5.56 Å². The number of anilines is 1. The van der Waals surface area contributed by atoms with Gasteiger partial charge in [0.2, 0.25) is 0 Å². The zero-order valence-corrected chi connectivity index (χ0v) is 19.8. The van der Waals surface area contributed by atoms with Gasteiger partial charge in [-0.1, -0.05) is 11.6 Å². The van der Waals surface area contributed by atoms with Gasteiger partial charge in [0.15, 0.2) is 0 Å². The molecule has 0 unspecified atom stereocenters. The minimum absolute atomic E-state index is 0.189. The van der Waals surface area contributed by atoms with Crippen molar-refractivity contribution in [2.75, 3.05) is 5.32 Å². The molecule has 2 aromatic carbocycles. The van der Waals surface area contributed by atoms with Crippen molar-refractivity contribution in [3.05, 3.63) is 87.9 Å². The third-order valence-corrected chi connectivity index (χ3v) is 6.41. The maximum Gasteiger partial charge on any atom is 0.409 e. The molecule has 0 fully saturated rings. The van der Waals surface area contributed by atoms with E-state index in [0.717, 1.165) is 11.3 Å². The number of H-pyrrole nitrogens is 1. The van der Waals surface area contributed by atoms with E-state index >= 15 is 0 Å². The highest BCUT2D eigenvalue weighted by atomic mass is 35.5. The summed E-state index contributed by atoms with van der Waals surface area (Å²) in [5.41, 5.74) is 3.64. The molecule has 0 radical (unpaired) electrons. The summed E-state index contributed by atoms with van der Waals surface area (Å²) in [7, 11) is 0. The van der Waals surface area contributed by atoms with E-state index < -0.39 is 6.09 Å². The molecule has 1 aliphatic heterocycles. The van der Waals surface area contributed by atoms with E-state index in [-0.39, 0.29) is 11.6 Å². The molecule has 1 atom stereocenters. The number of carboxylic acid groups (broad SMARTS) is 1. The Morgan fingerprint density at radius 3 is 2.76 bits per heavy atom. The average molecular weight is 516 g/mol. The number of rotatable bonds is 5. The highest BCUT2D eigenvalue weighted by molar-refractivity contribution is 6.31. The third-order valence-electron chi connectivity index (χ3n) is 6.17. The van der Waals surface area contributed by atoms with Crippen LogP contribution in [-0.2, 0) is 6.42 Å². The molecule has 0 aliphatic carbocycles. The summed E-state index contributed by atoms with van der Waals surface area (Å²) in [6, 6.07) is 13.3. The second-order valence-electron chi connectivity index (χ2n) is 8.43. The Kier molecular flexibility index (Phi) is 5.49. The second-order valence-corrected chi connectivity index (χ2v) is 8.87. The van der Waals surface area contributed by atoms with Gasteiger partial charge in [-0.2, -0.15) is 4.68 Å². The number of halogens is 1. The van der Waals surface area contributed by atoms with Crippen molar-refractivity contribution in [3.63, 3.8) is 0 Å². The minimum Gasteiger partial charge on any atom is -0.465 e. The van der Waals surface area contributed by atoms with Crippen molar-refractivity contribution in [1.29, 1.82) is 0 Å². The summed E-state index contributed by atoms with van der Waals surface area (Å²) in [5, 5.41) is 23.0. The summed E-state index contributed by atoms with van der Waals surface area (Å²) in [4.78, 5) is 36.7. The maximum atomic E-state index is 13.3. The lowest BCUT2D eigenvalue weighted by molar-refractivity contribution is 0.209. The standard InChI is InChI=1S/C24H18ClN9O3/c25-14-3-6-19(33-12-27-31-32-33)16(9-14)17-10-22(35)34-20(7-8-21(34)29-17)18-11-26-23(30-18)13-1-4-15(5-2-13)28-24(36)37/h1-6,9-12,20,28H,7-8H2,(H,26,30)(H,36,37)/t20-/m0/s1. The summed E-state index contributed by atoms with van der Waals surface area (Å²) in [6.07, 6.45) is 3.35. The lowest BCUT2D eigenvalue weighted by atomic mass is 10.1. The molecule has 5 aromatic rings. The van der Waals surface area contributed by atoms with Gasteiger partial charge in [0, 0.05) is 34.3 Å². The van der Waals surface area contributed by atoms with Gasteiger partial charge in [-0.25, -0.2) is 14.8 Å². The van der Waals surface area contributed by atoms with Crippen LogP contribution in [0.5, 0.6) is 0 Å². The fourth-order valence-electron chi connectivity index (χ4n) is 4.55. The molecule has 0 spiro atoms. The molecule has 4 heterocycles. The molecule has 0 saturated carbocycles. The first-order valence-electron chi connectivity index (χ1n) is 11.3. The maximum absolute atomic E-state index is 13.3. The number of aromatic amines is 1. The van der Waals surface area contributed by atoms with Gasteiger partial charge in [-0.15, -0.1) is 5.10 Å². The summed E-state index contributed by atoms with van der Waals surface area (Å²) in [6.45, 7) is 0. The van der Waals surface area contributed by atoms with Crippen LogP contribution >= 0.6 is 11.6 Å². The third kappa shape index (κ3) is 4.23. The van der Waals surface area contributed by atoms with Crippen LogP contribution < -0.4 is 10.9 Å². The first kappa shape index (κ1) is 22.6. The number of carbonyl (C=O) groups is 1. The second kappa shape index (κ2) is 8.99. The van der Waals surface area contributed by atoms with Crippen molar-refractivity contribution >= 4 is 23.4 Å². The number of hydrogen-bond acceptors (Lipinski definition) is 7. The number of hydrogen-bond donors (Lipinski definition) is 3. The van der Waals surface area contributed by atoms with Crippen molar-refractivity contribution in [2.24, 2.45) is 0 Å². The highest BCUT2D eigenvalue weighted by Crippen LogP contribution is 2.33. The lowest BCUT2D eigenvalue weighted by Crippen LogP contribution is -2.24. The summed E-state index contributed by atoms with van der Waals surface area (Å²) >= 11 is 6.26. The Labute approximate surface area is 213 Å². The van der Waals surface area contributed by atoms with Crippen LogP contribution in [0.2, 0.25) is 5.02 Å². The van der Waals surface area contributed by atoms with Crippen molar-refractivity contribution in [1.82, 2.24) is 39.7 Å². The van der Waals surface area contributed by atoms with E-state index in [1.807, 2.05) is 0 Å². The van der Waals surface area contributed by atoms with Gasteiger partial charge >= 0.3 is 6.09 Å². The van der Waals surface area contributed by atoms with Crippen LogP contribution in [0.15, 0.2) is 65.8 Å². The molecule has 184 valence electrons. The first-order valence-corrected chi connectivity index (χ1v) is 11.6. The fourth-order valence-corrected chi connectivity index (χ4v) is 4.72. The molecule has 13 heteroatoms. The number of amides is 1. The SMILES string of the molecule is O=C(O)Nc1ccc(-c2ncc([C@@H]3CCc4nc(-c5cc(Cl)ccc5-n5cnnn5)cc(=O)n43)[nH]2)cc1. The Hall–Kier alpha value is -4.84. The van der Waals surface area contributed by atoms with Crippen LogP contribution in [0.1, 0.15) is 24.0 Å². The van der Waals surface area contributed by atoms with E-state index in [4.69, 9.17) is 21.7 Å². The molecule has 12 nitrogen and oxygen atoms in total. The molecule has 0 saturated heterocycles. The van der Waals surface area contributed by atoms with E-state index in [0.29, 0.717) is 52.1 Å². The van der Waals surface area contributed by atoms with Gasteiger partial charge < -0.3 is 10.1 Å². The number of imidazole rings is 1. The Morgan fingerprint density at radius 1 is 1.16 bits per heavy atom. The predicted molar refractivity (Wildman–Crippen MR) is 134 cm³/mol. The molecule has 0 bridgehead atoms. The minimum atomic E-state index is -1.13. The van der Waals surface area contributed by atoms with E-state index in [9.17, 15) is 9.59 Å². The quantitative estimate of drug-likeness (QED) is 0.320. The zero-order valence-electron chi connectivity index (χ0n) is 19.0. The molecular formula is C24H18ClN9O3. The van der Waals surface area contributed by atoms with E-state index in [2.05, 4.69) is 30.8 Å². The van der Waals surface area contributed by atoms with Crippen LogP contribution in [0, 0.1) is 0 Å². The van der Waals surface area contributed by atoms with Crippen LogP contribution in [0.25, 0.3) is 28.3 Å². The summed E-state index contributed by atoms with van der Waals surface area (Å²) in [5.74, 6) is 1.28. The first-order chi connectivity index (χ1) is 18.0. The van der Waals surface area contributed by atoms with E-state index in [1.165, 1.54) is 17.1 Å². The largest absolute Gasteiger partial charge is 0.465 e. The lowest BCUT2D eigenvalue weighted by Gasteiger charge is -2.14. The molecule has 3 N–H and O–H groups in total. The number of tetrazole rings is 1. The normalized spacial score (nSPS) is 14.5. The Bertz CT molecular complexity index is 1680. The van der Waals surface area contributed by atoms with Crippen molar-refractivity contribution in [3.8, 4) is 28.3 Å². The smallest absolute Gasteiger partial charge is 0.409 e. The van der Waals surface area contributed by atoms with E-state index in [1.54, 1.807) is 53.2 Å². The van der Waals surface area contributed by atoms with Gasteiger partial charge in [-0.05, 0) is 59.3 Å². The van der Waals surface area contributed by atoms with Gasteiger partial charge in [-0.3, -0.25) is 14.7 Å². The molecule has 37 heavy (non-hydrogen) atoms. The van der Waals surface area contributed by atoms with Crippen LogP contribution in [-0.4, -0.2) is 50.9 Å². The van der Waals surface area contributed by atoms with Gasteiger partial charge in [0.1, 0.15) is 18.0 Å². The topological polar surface area (TPSA) is 156 Å². The molecule has 1 aliphatic rings. The highest BCUT2D eigenvalue weighted by Gasteiger charge is 2.28. The average Bonchev–Trinajstić information content (AvgIpc) is 3.65. The molecule has 1 amide bonds. The number of fused-ring (bicyclic) bond motifs is 1. The van der Waals surface area contributed by atoms with Crippen molar-refractivity contribution < 1.29 is 9.90 Å². The van der Waals surface area contributed by atoms with Crippen molar-refractivity contribution in [2.45, 2.75) is 18.9 Å². The predicted octanol–water partition coefficient (Wildman–Crippen LogP) is 3.56. The Morgan fingerprint density at radius 2 is 2.00 bits per heavy atom. The number of nitrogens with zero attached hydrogens (tertiary/aromatic N) is 7. The zero-order chi connectivity index (χ0) is 25.5. The number of aromatic nitrogens is 8.